The fraction of sp³-hybridized carbons (Fsp3) is 0.714. The molecule has 0 fully saturated rings. The van der Waals surface area contributed by atoms with Gasteiger partial charge in [0.2, 0.25) is 0 Å². The summed E-state index contributed by atoms with van der Waals surface area (Å²) in [6.45, 7) is -0.0400. The molecule has 0 unspecified atom stereocenters. The normalized spacial score (nSPS) is 11.1. The van der Waals surface area contributed by atoms with Crippen LogP contribution in [0.2, 0.25) is 0 Å². The number of carbonyl (C=O) groups is 2. The van der Waals surface area contributed by atoms with Gasteiger partial charge in [-0.1, -0.05) is 0 Å². The van der Waals surface area contributed by atoms with Crippen molar-refractivity contribution in [3.05, 3.63) is 0 Å². The molecule has 0 spiro atoms. The van der Waals surface area contributed by atoms with Gasteiger partial charge < -0.3 is 26.8 Å². The first-order valence-corrected chi connectivity index (χ1v) is 3.96. The van der Waals surface area contributed by atoms with E-state index in [1.54, 1.807) is 0 Å². The van der Waals surface area contributed by atoms with Gasteiger partial charge in [0.15, 0.2) is 0 Å². The summed E-state index contributed by atoms with van der Waals surface area (Å²) in [5, 5.41) is 23.9. The van der Waals surface area contributed by atoms with Crippen molar-refractivity contribution in [3.8, 4) is 0 Å². The van der Waals surface area contributed by atoms with Crippen LogP contribution in [0.5, 0.6) is 0 Å². The third kappa shape index (κ3) is 13.4. The van der Waals surface area contributed by atoms with Crippen molar-refractivity contribution in [2.24, 2.45) is 11.5 Å². The minimum absolute atomic E-state index is 0.191. The van der Waals surface area contributed by atoms with E-state index in [2.05, 4.69) is 0 Å². The van der Waals surface area contributed by atoms with Crippen LogP contribution in [-0.4, -0.2) is 46.5 Å². The first kappa shape index (κ1) is 15.3. The Bertz CT molecular complexity index is 173. The molecule has 0 aliphatic carbocycles. The lowest BCUT2D eigenvalue weighted by Gasteiger charge is -1.96. The van der Waals surface area contributed by atoms with Gasteiger partial charge in [-0.05, 0) is 13.0 Å². The Kier molecular flexibility index (Phi) is 10.8. The molecule has 7 N–H and O–H groups in total. The molecule has 0 heterocycles. The number of aliphatic carboxylic acids is 2. The van der Waals surface area contributed by atoms with Crippen LogP contribution in [0.3, 0.4) is 0 Å². The van der Waals surface area contributed by atoms with Gasteiger partial charge in [0.25, 0.3) is 0 Å². The smallest absolute Gasteiger partial charge is 0.322 e. The number of nitrogens with two attached hydrogens (primary N) is 2. The van der Waals surface area contributed by atoms with Crippen LogP contribution < -0.4 is 11.5 Å². The molecule has 0 amide bonds. The third-order valence-corrected chi connectivity index (χ3v) is 1.11. The second kappa shape index (κ2) is 9.90. The highest BCUT2D eigenvalue weighted by atomic mass is 16.4. The van der Waals surface area contributed by atoms with E-state index in [0.29, 0.717) is 13.0 Å². The summed E-state index contributed by atoms with van der Waals surface area (Å²) < 4.78 is 0. The lowest BCUT2D eigenvalue weighted by molar-refractivity contribution is -0.139. The molecule has 0 bridgehead atoms. The van der Waals surface area contributed by atoms with E-state index in [1.165, 1.54) is 0 Å². The summed E-state index contributed by atoms with van der Waals surface area (Å²) in [6.07, 6.45) is 0.770. The first-order valence-electron chi connectivity index (χ1n) is 3.96. The fourth-order valence-corrected chi connectivity index (χ4v) is 0.331. The number of carboxylic acid groups (broad SMARTS) is 2. The maximum absolute atomic E-state index is 9.70. The number of rotatable bonds is 5. The average molecular weight is 208 g/mol. The van der Waals surface area contributed by atoms with Gasteiger partial charge >= 0.3 is 11.9 Å². The quantitative estimate of drug-likeness (QED) is 0.358. The minimum Gasteiger partial charge on any atom is -0.481 e. The van der Waals surface area contributed by atoms with E-state index < -0.39 is 24.6 Å². The molecule has 0 saturated heterocycles. The van der Waals surface area contributed by atoms with E-state index >= 15 is 0 Å². The average Bonchev–Trinajstić information content (AvgIpc) is 2.14. The molecule has 7 heteroatoms. The Morgan fingerprint density at radius 3 is 1.86 bits per heavy atom. The van der Waals surface area contributed by atoms with Crippen LogP contribution in [0.4, 0.5) is 0 Å². The van der Waals surface area contributed by atoms with Gasteiger partial charge in [-0.3, -0.25) is 9.59 Å². The summed E-state index contributed by atoms with van der Waals surface area (Å²) in [6, 6.07) is -1.13. The van der Waals surface area contributed by atoms with Crippen molar-refractivity contribution in [1.29, 1.82) is 0 Å². The van der Waals surface area contributed by atoms with Crippen molar-refractivity contribution < 1.29 is 24.9 Å². The number of aliphatic hydroxyl groups excluding tert-OH is 1. The van der Waals surface area contributed by atoms with Crippen LogP contribution >= 0.6 is 0 Å². The summed E-state index contributed by atoms with van der Waals surface area (Å²) in [5.74, 6) is -1.95. The largest absolute Gasteiger partial charge is 0.481 e. The molecule has 84 valence electrons. The molecule has 0 saturated carbocycles. The first-order chi connectivity index (χ1) is 6.45. The highest BCUT2D eigenvalue weighted by Gasteiger charge is 2.06. The van der Waals surface area contributed by atoms with Gasteiger partial charge in [-0.2, -0.15) is 0 Å². The number of aliphatic hydroxyl groups is 1. The summed E-state index contributed by atoms with van der Waals surface area (Å²) >= 11 is 0. The zero-order valence-electron chi connectivity index (χ0n) is 7.72. The predicted octanol–water partition coefficient (Wildman–Crippen LogP) is -1.80. The lowest BCUT2D eigenvalue weighted by Crippen LogP contribution is -2.33. The molecule has 14 heavy (non-hydrogen) atoms. The maximum Gasteiger partial charge on any atom is 0.322 e. The predicted molar refractivity (Wildman–Crippen MR) is 48.6 cm³/mol. The molecule has 0 aliphatic heterocycles. The Morgan fingerprint density at radius 2 is 1.79 bits per heavy atom. The number of hydrogen-bond donors (Lipinski definition) is 5. The lowest BCUT2D eigenvalue weighted by atomic mass is 10.3. The molecule has 0 aromatic carbocycles. The number of carboxylic acids is 2. The van der Waals surface area contributed by atoms with Crippen LogP contribution in [-0.2, 0) is 9.59 Å². The molecule has 1 atom stereocenters. The minimum atomic E-state index is -1.18. The van der Waals surface area contributed by atoms with E-state index in [4.69, 9.17) is 26.8 Å². The van der Waals surface area contributed by atoms with Gasteiger partial charge in [0, 0.05) is 6.42 Å². The summed E-state index contributed by atoms with van der Waals surface area (Å²) in [4.78, 5) is 19.3. The SMILES string of the molecule is NCCCC(=O)O.N[C@H](CO)C(=O)O. The van der Waals surface area contributed by atoms with E-state index in [1.807, 2.05) is 0 Å². The monoisotopic (exact) mass is 208 g/mol. The molecule has 0 radical (unpaired) electrons. The molecule has 0 rings (SSSR count). The van der Waals surface area contributed by atoms with Gasteiger partial charge in [-0.15, -0.1) is 0 Å². The molecular formula is C7H16N2O5. The van der Waals surface area contributed by atoms with Crippen molar-refractivity contribution in [3.63, 3.8) is 0 Å². The van der Waals surface area contributed by atoms with Crippen molar-refractivity contribution in [1.82, 2.24) is 0 Å². The second-order valence-electron chi connectivity index (χ2n) is 2.41. The van der Waals surface area contributed by atoms with Crippen LogP contribution in [0.15, 0.2) is 0 Å². The highest BCUT2D eigenvalue weighted by molar-refractivity contribution is 5.73. The molecule has 0 aromatic heterocycles. The fourth-order valence-electron chi connectivity index (χ4n) is 0.331. The van der Waals surface area contributed by atoms with Crippen LogP contribution in [0.25, 0.3) is 0 Å². The van der Waals surface area contributed by atoms with Crippen molar-refractivity contribution >= 4 is 11.9 Å². The summed E-state index contributed by atoms with van der Waals surface area (Å²) in [5.41, 5.74) is 9.78. The van der Waals surface area contributed by atoms with Gasteiger partial charge in [0.1, 0.15) is 6.04 Å². The van der Waals surface area contributed by atoms with E-state index in [-0.39, 0.29) is 6.42 Å². The molecular weight excluding hydrogens is 192 g/mol. The second-order valence-corrected chi connectivity index (χ2v) is 2.41. The molecule has 7 nitrogen and oxygen atoms in total. The third-order valence-electron chi connectivity index (χ3n) is 1.11. The van der Waals surface area contributed by atoms with Crippen LogP contribution in [0, 0.1) is 0 Å². The summed E-state index contributed by atoms with van der Waals surface area (Å²) in [7, 11) is 0. The van der Waals surface area contributed by atoms with Crippen molar-refractivity contribution in [2.75, 3.05) is 13.2 Å². The topological polar surface area (TPSA) is 147 Å². The van der Waals surface area contributed by atoms with E-state index in [0.717, 1.165) is 0 Å². The van der Waals surface area contributed by atoms with Gasteiger partial charge in [0.05, 0.1) is 6.61 Å². The highest BCUT2D eigenvalue weighted by Crippen LogP contribution is 1.82. The Balaban J connectivity index is 0. The maximum atomic E-state index is 9.70. The Labute approximate surface area is 81.3 Å². The Morgan fingerprint density at radius 1 is 1.29 bits per heavy atom. The number of hydrogen-bond acceptors (Lipinski definition) is 5. The molecule has 0 aromatic rings. The zero-order valence-corrected chi connectivity index (χ0v) is 7.72. The van der Waals surface area contributed by atoms with Crippen LogP contribution in [0.1, 0.15) is 12.8 Å². The van der Waals surface area contributed by atoms with Gasteiger partial charge in [-0.25, -0.2) is 0 Å². The van der Waals surface area contributed by atoms with Crippen molar-refractivity contribution in [2.45, 2.75) is 18.9 Å². The van der Waals surface area contributed by atoms with E-state index in [9.17, 15) is 9.59 Å². The Hall–Kier alpha value is -1.18. The standard InChI is InChI=1S/C4H9NO2.C3H7NO3/c5-3-1-2-4(6)7;4-2(1-5)3(6)7/h1-3,5H2,(H,6,7);2,5H,1,4H2,(H,6,7)/t;2-/m.1/s1. The molecule has 0 aliphatic rings. The zero-order chi connectivity index (χ0) is 11.6.